The van der Waals surface area contributed by atoms with Crippen molar-refractivity contribution in [1.82, 2.24) is 14.5 Å². The van der Waals surface area contributed by atoms with Crippen molar-refractivity contribution >= 4 is 59.7 Å². The van der Waals surface area contributed by atoms with E-state index in [1.165, 1.54) is 54.3 Å². The van der Waals surface area contributed by atoms with Gasteiger partial charge in [0.2, 0.25) is 0 Å². The normalized spacial score (nSPS) is 13.2. The van der Waals surface area contributed by atoms with Crippen LogP contribution >= 0.6 is 0 Å². The first-order valence-corrected chi connectivity index (χ1v) is 17.0. The predicted octanol–water partition coefficient (Wildman–Crippen LogP) is 12.1. The molecule has 0 radical (unpaired) electrons. The molecular formula is C46H31N3. The molecule has 3 heteroatoms. The first kappa shape index (κ1) is 27.8. The third-order valence-electron chi connectivity index (χ3n) is 10.0. The molecule has 230 valence electrons. The van der Waals surface area contributed by atoms with E-state index in [1.54, 1.807) is 0 Å². The Morgan fingerprint density at radius 2 is 1.10 bits per heavy atom. The summed E-state index contributed by atoms with van der Waals surface area (Å²) in [5, 5.41) is 9.91. The summed E-state index contributed by atoms with van der Waals surface area (Å²) in [7, 11) is 0. The van der Waals surface area contributed by atoms with Gasteiger partial charge in [-0.25, -0.2) is 9.97 Å². The zero-order chi connectivity index (χ0) is 32.3. The summed E-state index contributed by atoms with van der Waals surface area (Å²) in [6, 6.07) is 52.5. The molecule has 10 rings (SSSR count). The Labute approximate surface area is 284 Å². The van der Waals surface area contributed by atoms with Gasteiger partial charge in [0.05, 0.1) is 28.1 Å². The number of allylic oxidation sites excluding steroid dienone is 4. The van der Waals surface area contributed by atoms with Crippen molar-refractivity contribution in [1.29, 1.82) is 0 Å². The van der Waals surface area contributed by atoms with E-state index in [1.807, 2.05) is 0 Å². The Morgan fingerprint density at radius 1 is 0.490 bits per heavy atom. The van der Waals surface area contributed by atoms with Crippen LogP contribution in [0.25, 0.3) is 88.0 Å². The molecule has 0 fully saturated rings. The maximum absolute atomic E-state index is 5.27. The number of fused-ring (bicyclic) bond motifs is 8. The first-order valence-electron chi connectivity index (χ1n) is 17.0. The molecule has 0 amide bonds. The highest BCUT2D eigenvalue weighted by atomic mass is 15.0. The largest absolute Gasteiger partial charge is 0.309 e. The van der Waals surface area contributed by atoms with Crippen molar-refractivity contribution in [2.24, 2.45) is 0 Å². The van der Waals surface area contributed by atoms with Gasteiger partial charge in [-0.15, -0.1) is 0 Å². The van der Waals surface area contributed by atoms with Crippen LogP contribution in [0.15, 0.2) is 164 Å². The molecule has 2 heterocycles. The average molecular weight is 626 g/mol. The molecule has 1 aliphatic rings. The smallest absolute Gasteiger partial charge is 0.160 e. The maximum Gasteiger partial charge on any atom is 0.160 e. The molecule has 1 aliphatic carbocycles. The van der Waals surface area contributed by atoms with E-state index in [0.29, 0.717) is 0 Å². The number of hydrogen-bond donors (Lipinski definition) is 0. The van der Waals surface area contributed by atoms with Gasteiger partial charge in [0.15, 0.2) is 5.82 Å². The lowest BCUT2D eigenvalue weighted by Crippen LogP contribution is -2.01. The van der Waals surface area contributed by atoms with Gasteiger partial charge in [0.25, 0.3) is 0 Å². The van der Waals surface area contributed by atoms with Crippen molar-refractivity contribution in [2.45, 2.75) is 12.8 Å². The Bertz CT molecular complexity index is 2730. The van der Waals surface area contributed by atoms with Crippen molar-refractivity contribution in [3.63, 3.8) is 0 Å². The van der Waals surface area contributed by atoms with Crippen molar-refractivity contribution in [2.75, 3.05) is 0 Å². The fourth-order valence-electron chi connectivity index (χ4n) is 7.73. The van der Waals surface area contributed by atoms with Gasteiger partial charge in [-0.2, -0.15) is 0 Å². The van der Waals surface area contributed by atoms with E-state index in [0.717, 1.165) is 52.3 Å². The molecule has 2 aromatic heterocycles. The van der Waals surface area contributed by atoms with E-state index in [2.05, 4.69) is 168 Å². The monoisotopic (exact) mass is 625 g/mol. The second kappa shape index (κ2) is 11.1. The standard InChI is InChI=1S/C46H31N3/c1-3-15-32(16-4-1)39-29-40(33-17-5-2-6-18-33)48-46(47-39)35-27-34-19-9-10-20-36(34)43(28-35)49-41-25-23-30-13-7-11-21-37(30)44(41)45-38-22-12-8-14-31(38)24-26-42(45)49/h1-5,7-17,19-29H,6,18H2. The van der Waals surface area contributed by atoms with Crippen LogP contribution in [0.1, 0.15) is 18.5 Å². The van der Waals surface area contributed by atoms with Crippen molar-refractivity contribution in [3.8, 4) is 28.3 Å². The molecule has 0 N–H and O–H groups in total. The highest BCUT2D eigenvalue weighted by Gasteiger charge is 2.20. The zero-order valence-electron chi connectivity index (χ0n) is 26.8. The fraction of sp³-hybridized carbons (Fsp3) is 0.0435. The summed E-state index contributed by atoms with van der Waals surface area (Å²) >= 11 is 0. The Hall–Kier alpha value is -6.32. The number of nitrogens with zero attached hydrogens (tertiary/aromatic N) is 3. The molecule has 0 atom stereocenters. The lowest BCUT2D eigenvalue weighted by molar-refractivity contribution is 1.03. The van der Waals surface area contributed by atoms with E-state index in [4.69, 9.17) is 9.97 Å². The van der Waals surface area contributed by atoms with E-state index in [-0.39, 0.29) is 0 Å². The highest BCUT2D eigenvalue weighted by molar-refractivity contribution is 6.28. The average Bonchev–Trinajstić information content (AvgIpc) is 3.53. The summed E-state index contributed by atoms with van der Waals surface area (Å²) in [6.07, 6.45) is 8.55. The van der Waals surface area contributed by atoms with E-state index < -0.39 is 0 Å². The second-order valence-electron chi connectivity index (χ2n) is 12.9. The molecule has 3 nitrogen and oxygen atoms in total. The third kappa shape index (κ3) is 4.51. The molecule has 0 saturated carbocycles. The third-order valence-corrected chi connectivity index (χ3v) is 10.0. The summed E-state index contributed by atoms with van der Waals surface area (Å²) in [4.78, 5) is 10.5. The number of rotatable bonds is 4. The van der Waals surface area contributed by atoms with Gasteiger partial charge in [-0.05, 0) is 75.7 Å². The topological polar surface area (TPSA) is 30.7 Å². The number of benzene rings is 7. The molecule has 7 aromatic carbocycles. The molecule has 0 spiro atoms. The summed E-state index contributed by atoms with van der Waals surface area (Å²) in [6.45, 7) is 0. The van der Waals surface area contributed by atoms with Gasteiger partial charge in [0.1, 0.15) is 0 Å². The van der Waals surface area contributed by atoms with Crippen LogP contribution in [0.4, 0.5) is 0 Å². The summed E-state index contributed by atoms with van der Waals surface area (Å²) in [5.74, 6) is 0.732. The predicted molar refractivity (Wildman–Crippen MR) is 206 cm³/mol. The van der Waals surface area contributed by atoms with Gasteiger partial charge < -0.3 is 4.57 Å². The summed E-state index contributed by atoms with van der Waals surface area (Å²) < 4.78 is 2.46. The van der Waals surface area contributed by atoms with E-state index >= 15 is 0 Å². The van der Waals surface area contributed by atoms with Crippen LogP contribution in [0.2, 0.25) is 0 Å². The van der Waals surface area contributed by atoms with Gasteiger partial charge in [-0.3, -0.25) is 0 Å². The minimum atomic E-state index is 0.732. The minimum Gasteiger partial charge on any atom is -0.309 e. The van der Waals surface area contributed by atoms with Crippen LogP contribution in [-0.2, 0) is 0 Å². The van der Waals surface area contributed by atoms with E-state index in [9.17, 15) is 0 Å². The van der Waals surface area contributed by atoms with Crippen LogP contribution in [0.5, 0.6) is 0 Å². The number of aromatic nitrogens is 3. The Kier molecular flexibility index (Phi) is 6.31. The maximum atomic E-state index is 5.27. The Morgan fingerprint density at radius 3 is 1.78 bits per heavy atom. The minimum absolute atomic E-state index is 0.732. The van der Waals surface area contributed by atoms with Crippen molar-refractivity contribution in [3.05, 3.63) is 170 Å². The van der Waals surface area contributed by atoms with Gasteiger partial charge in [0, 0.05) is 27.3 Å². The van der Waals surface area contributed by atoms with Crippen LogP contribution in [0.3, 0.4) is 0 Å². The quantitative estimate of drug-likeness (QED) is 0.195. The summed E-state index contributed by atoms with van der Waals surface area (Å²) in [5.41, 5.74) is 8.73. The van der Waals surface area contributed by atoms with Gasteiger partial charge >= 0.3 is 0 Å². The fourth-order valence-corrected chi connectivity index (χ4v) is 7.73. The SMILES string of the molecule is C1=CCCC(c2cc(-c3ccccc3)nc(-c3cc(-n4c5ccc6ccccc6c5c5c6ccccc6ccc54)c4ccccc4c3)n2)=C1. The second-order valence-corrected chi connectivity index (χ2v) is 12.9. The highest BCUT2D eigenvalue weighted by Crippen LogP contribution is 2.42. The van der Waals surface area contributed by atoms with Crippen molar-refractivity contribution < 1.29 is 0 Å². The van der Waals surface area contributed by atoms with Crippen LogP contribution in [-0.4, -0.2) is 14.5 Å². The molecule has 49 heavy (non-hydrogen) atoms. The van der Waals surface area contributed by atoms with Crippen LogP contribution < -0.4 is 0 Å². The molecule has 0 saturated heterocycles. The lowest BCUT2D eigenvalue weighted by atomic mass is 9.99. The zero-order valence-corrected chi connectivity index (χ0v) is 26.8. The molecular weight excluding hydrogens is 595 g/mol. The molecule has 0 unspecified atom stereocenters. The lowest BCUT2D eigenvalue weighted by Gasteiger charge is -2.16. The van der Waals surface area contributed by atoms with Crippen LogP contribution in [0, 0.1) is 0 Å². The molecule has 0 bridgehead atoms. The molecule has 0 aliphatic heterocycles. The Balaban J connectivity index is 1.31. The van der Waals surface area contributed by atoms with Gasteiger partial charge in [-0.1, -0.05) is 133 Å². The first-order chi connectivity index (χ1) is 24.3. The molecule has 9 aromatic rings. The number of hydrogen-bond acceptors (Lipinski definition) is 2.